The van der Waals surface area contributed by atoms with Gasteiger partial charge in [-0.25, -0.2) is 23.1 Å². The molecule has 0 fully saturated rings. The second kappa shape index (κ2) is 5.56. The van der Waals surface area contributed by atoms with Gasteiger partial charge in [0, 0.05) is 11.9 Å². The molecule has 2 rings (SSSR count). The van der Waals surface area contributed by atoms with E-state index in [9.17, 15) is 8.42 Å². The van der Waals surface area contributed by atoms with Crippen molar-refractivity contribution in [3.05, 3.63) is 47.5 Å². The Kier molecular flexibility index (Phi) is 4.01. The number of nitrogen functional groups attached to an aromatic ring is 1. The molecule has 7 heteroatoms. The number of hydrogen-bond acceptors (Lipinski definition) is 5. The van der Waals surface area contributed by atoms with E-state index in [1.54, 1.807) is 38.2 Å². The van der Waals surface area contributed by atoms with Crippen molar-refractivity contribution in [1.82, 2.24) is 14.7 Å². The van der Waals surface area contributed by atoms with Crippen LogP contribution in [0.2, 0.25) is 0 Å². The van der Waals surface area contributed by atoms with Crippen LogP contribution in [0.3, 0.4) is 0 Å². The van der Waals surface area contributed by atoms with Gasteiger partial charge in [-0.1, -0.05) is 6.07 Å². The minimum atomic E-state index is -3.63. The van der Waals surface area contributed by atoms with E-state index in [0.717, 1.165) is 0 Å². The van der Waals surface area contributed by atoms with Crippen LogP contribution < -0.4 is 10.5 Å². The first-order chi connectivity index (χ1) is 9.42. The zero-order valence-electron chi connectivity index (χ0n) is 11.3. The number of nitrogens with one attached hydrogen (secondary N) is 1. The lowest BCUT2D eigenvalue weighted by Crippen LogP contribution is -2.25. The van der Waals surface area contributed by atoms with Crippen LogP contribution in [0.1, 0.15) is 16.8 Å². The minimum absolute atomic E-state index is 0.110. The SMILES string of the molecule is Cc1ccc(N)c(C)c1S(=O)(=O)NCc1ccncn1. The molecular weight excluding hydrogens is 276 g/mol. The van der Waals surface area contributed by atoms with Crippen molar-refractivity contribution >= 4 is 15.7 Å². The Bertz CT molecular complexity index is 715. The molecule has 0 saturated heterocycles. The summed E-state index contributed by atoms with van der Waals surface area (Å²) in [5.41, 5.74) is 8.05. The second-order valence-electron chi connectivity index (χ2n) is 4.45. The third-order valence-corrected chi connectivity index (χ3v) is 4.69. The van der Waals surface area contributed by atoms with Crippen LogP contribution in [0.15, 0.2) is 35.6 Å². The molecule has 20 heavy (non-hydrogen) atoms. The first-order valence-electron chi connectivity index (χ1n) is 6.02. The summed E-state index contributed by atoms with van der Waals surface area (Å²) in [7, 11) is -3.63. The molecule has 0 atom stereocenters. The Morgan fingerprint density at radius 2 is 2.00 bits per heavy atom. The van der Waals surface area contributed by atoms with E-state index in [0.29, 0.717) is 22.5 Å². The molecule has 3 N–H and O–H groups in total. The predicted octanol–water partition coefficient (Wildman–Crippen LogP) is 1.15. The van der Waals surface area contributed by atoms with Crippen LogP contribution in [0.4, 0.5) is 5.69 Å². The van der Waals surface area contributed by atoms with E-state index in [2.05, 4.69) is 14.7 Å². The number of nitrogens with two attached hydrogens (primary N) is 1. The number of aryl methyl sites for hydroxylation is 1. The maximum atomic E-state index is 12.4. The average Bonchev–Trinajstić information content (AvgIpc) is 2.42. The number of benzene rings is 1. The van der Waals surface area contributed by atoms with Crippen molar-refractivity contribution in [2.24, 2.45) is 0 Å². The fourth-order valence-corrected chi connectivity index (χ4v) is 3.41. The molecule has 0 aliphatic heterocycles. The highest BCUT2D eigenvalue weighted by molar-refractivity contribution is 7.89. The summed E-state index contributed by atoms with van der Waals surface area (Å²) in [6.45, 7) is 3.55. The molecule has 1 aromatic heterocycles. The van der Waals surface area contributed by atoms with Gasteiger partial charge in [0.1, 0.15) is 6.33 Å². The highest BCUT2D eigenvalue weighted by Gasteiger charge is 2.20. The van der Waals surface area contributed by atoms with Gasteiger partial charge >= 0.3 is 0 Å². The summed E-state index contributed by atoms with van der Waals surface area (Å²) in [5.74, 6) is 0. The van der Waals surface area contributed by atoms with Gasteiger partial charge in [0.2, 0.25) is 10.0 Å². The Hall–Kier alpha value is -1.99. The van der Waals surface area contributed by atoms with E-state index >= 15 is 0 Å². The Morgan fingerprint density at radius 1 is 1.25 bits per heavy atom. The van der Waals surface area contributed by atoms with E-state index in [4.69, 9.17) is 5.73 Å². The average molecular weight is 292 g/mol. The molecule has 0 aliphatic rings. The normalized spacial score (nSPS) is 11.5. The summed E-state index contributed by atoms with van der Waals surface area (Å²) in [5, 5.41) is 0. The molecular formula is C13H16N4O2S. The standard InChI is InChI=1S/C13H16N4O2S/c1-9-3-4-12(14)10(2)13(9)20(18,19)17-7-11-5-6-15-8-16-11/h3-6,8,17H,7,14H2,1-2H3. The van der Waals surface area contributed by atoms with Gasteiger partial charge in [0.25, 0.3) is 0 Å². The van der Waals surface area contributed by atoms with Crippen molar-refractivity contribution < 1.29 is 8.42 Å². The maximum Gasteiger partial charge on any atom is 0.241 e. The fourth-order valence-electron chi connectivity index (χ4n) is 1.92. The van der Waals surface area contributed by atoms with Crippen LogP contribution in [-0.4, -0.2) is 18.4 Å². The first kappa shape index (κ1) is 14.4. The lowest BCUT2D eigenvalue weighted by molar-refractivity contribution is 0.579. The van der Waals surface area contributed by atoms with Gasteiger partial charge in [-0.15, -0.1) is 0 Å². The van der Waals surface area contributed by atoms with E-state index < -0.39 is 10.0 Å². The van der Waals surface area contributed by atoms with Crippen LogP contribution in [0.5, 0.6) is 0 Å². The maximum absolute atomic E-state index is 12.4. The Balaban J connectivity index is 2.30. The predicted molar refractivity (Wildman–Crippen MR) is 76.4 cm³/mol. The molecule has 1 heterocycles. The number of hydrogen-bond donors (Lipinski definition) is 2. The topological polar surface area (TPSA) is 98.0 Å². The molecule has 0 aliphatic carbocycles. The molecule has 0 radical (unpaired) electrons. The van der Waals surface area contributed by atoms with Gasteiger partial charge in [-0.3, -0.25) is 0 Å². The van der Waals surface area contributed by atoms with Gasteiger partial charge in [-0.2, -0.15) is 0 Å². The Morgan fingerprint density at radius 3 is 2.65 bits per heavy atom. The lowest BCUT2D eigenvalue weighted by Gasteiger charge is -2.13. The molecule has 0 spiro atoms. The zero-order valence-corrected chi connectivity index (χ0v) is 12.1. The number of anilines is 1. The highest BCUT2D eigenvalue weighted by atomic mass is 32.2. The first-order valence-corrected chi connectivity index (χ1v) is 7.50. The van der Waals surface area contributed by atoms with Crippen molar-refractivity contribution in [3.8, 4) is 0 Å². The monoisotopic (exact) mass is 292 g/mol. The molecule has 1 aromatic carbocycles. The zero-order chi connectivity index (χ0) is 14.8. The van der Waals surface area contributed by atoms with Gasteiger partial charge in [-0.05, 0) is 37.1 Å². The third kappa shape index (κ3) is 2.94. The largest absolute Gasteiger partial charge is 0.398 e. The van der Waals surface area contributed by atoms with Gasteiger partial charge in [0.05, 0.1) is 17.1 Å². The van der Waals surface area contributed by atoms with Crippen molar-refractivity contribution in [2.75, 3.05) is 5.73 Å². The molecule has 0 saturated carbocycles. The highest BCUT2D eigenvalue weighted by Crippen LogP contribution is 2.24. The molecule has 6 nitrogen and oxygen atoms in total. The van der Waals surface area contributed by atoms with Gasteiger partial charge in [0.15, 0.2) is 0 Å². The minimum Gasteiger partial charge on any atom is -0.398 e. The van der Waals surface area contributed by atoms with Crippen molar-refractivity contribution in [3.63, 3.8) is 0 Å². The van der Waals surface area contributed by atoms with Crippen LogP contribution in [0.25, 0.3) is 0 Å². The quantitative estimate of drug-likeness (QED) is 0.824. The molecule has 0 amide bonds. The summed E-state index contributed by atoms with van der Waals surface area (Å²) < 4.78 is 27.3. The lowest BCUT2D eigenvalue weighted by atomic mass is 10.1. The number of sulfonamides is 1. The van der Waals surface area contributed by atoms with Crippen LogP contribution in [0, 0.1) is 13.8 Å². The summed E-state index contributed by atoms with van der Waals surface area (Å²) in [6.07, 6.45) is 2.94. The molecule has 2 aromatic rings. The summed E-state index contributed by atoms with van der Waals surface area (Å²) >= 11 is 0. The Labute approximate surface area is 118 Å². The summed E-state index contributed by atoms with van der Waals surface area (Å²) in [4.78, 5) is 7.99. The second-order valence-corrected chi connectivity index (χ2v) is 6.15. The fraction of sp³-hybridized carbons (Fsp3) is 0.231. The van der Waals surface area contributed by atoms with E-state index in [1.165, 1.54) is 6.33 Å². The number of rotatable bonds is 4. The van der Waals surface area contributed by atoms with E-state index in [-0.39, 0.29) is 11.4 Å². The smallest absolute Gasteiger partial charge is 0.241 e. The van der Waals surface area contributed by atoms with E-state index in [1.807, 2.05) is 0 Å². The van der Waals surface area contributed by atoms with Gasteiger partial charge < -0.3 is 5.73 Å². The molecule has 106 valence electrons. The van der Waals surface area contributed by atoms with Crippen molar-refractivity contribution in [1.29, 1.82) is 0 Å². The summed E-state index contributed by atoms with van der Waals surface area (Å²) in [6, 6.07) is 5.05. The molecule has 0 bridgehead atoms. The van der Waals surface area contributed by atoms with Crippen LogP contribution in [-0.2, 0) is 16.6 Å². The van der Waals surface area contributed by atoms with Crippen LogP contribution >= 0.6 is 0 Å². The number of aromatic nitrogens is 2. The van der Waals surface area contributed by atoms with Crippen molar-refractivity contribution in [2.45, 2.75) is 25.3 Å². The molecule has 0 unspecified atom stereocenters. The third-order valence-electron chi connectivity index (χ3n) is 3.00. The number of nitrogens with zero attached hydrogens (tertiary/aromatic N) is 2.